The normalized spacial score (nSPS) is 14.4. The van der Waals surface area contributed by atoms with E-state index in [2.05, 4.69) is 13.0 Å². The third-order valence-electron chi connectivity index (χ3n) is 3.73. The van der Waals surface area contributed by atoms with Crippen molar-refractivity contribution in [2.45, 2.75) is 26.7 Å². The number of rotatable bonds is 0. The summed E-state index contributed by atoms with van der Waals surface area (Å²) in [5, 5.41) is 22.3. The summed E-state index contributed by atoms with van der Waals surface area (Å²) in [6, 6.07) is 5.77. The molecule has 0 saturated heterocycles. The van der Waals surface area contributed by atoms with Crippen LogP contribution in [0.25, 0.3) is 10.8 Å². The number of phenols is 2. The molecule has 2 N–H and O–H groups in total. The van der Waals surface area contributed by atoms with E-state index in [-0.39, 0.29) is 0 Å². The molecule has 0 unspecified atom stereocenters. The summed E-state index contributed by atoms with van der Waals surface area (Å²) in [6.07, 6.45) is 3.53. The first-order valence-corrected chi connectivity index (χ1v) is 6.19. The van der Waals surface area contributed by atoms with Crippen LogP contribution in [0.1, 0.15) is 23.6 Å². The van der Waals surface area contributed by atoms with Crippen molar-refractivity contribution in [1.29, 1.82) is 0 Å². The van der Waals surface area contributed by atoms with Gasteiger partial charge in [0.2, 0.25) is 0 Å². The lowest BCUT2D eigenvalue weighted by Gasteiger charge is -2.20. The van der Waals surface area contributed by atoms with Crippen LogP contribution in [-0.2, 0) is 12.8 Å². The van der Waals surface area contributed by atoms with E-state index in [1.165, 1.54) is 5.57 Å². The quantitative estimate of drug-likeness (QED) is 0.545. The maximum absolute atomic E-state index is 10.4. The number of allylic oxidation sites excluding steroid dienone is 2. The van der Waals surface area contributed by atoms with Crippen LogP contribution in [0.3, 0.4) is 0 Å². The molecule has 0 amide bonds. The number of aryl methyl sites for hydroxylation is 1. The molecule has 92 valence electrons. The van der Waals surface area contributed by atoms with Crippen molar-refractivity contribution in [1.82, 2.24) is 0 Å². The first-order valence-electron chi connectivity index (χ1n) is 6.19. The van der Waals surface area contributed by atoms with Gasteiger partial charge in [-0.05, 0) is 32.8 Å². The van der Waals surface area contributed by atoms with E-state index in [1.54, 1.807) is 0 Å². The Morgan fingerprint density at radius 2 is 1.67 bits per heavy atom. The molecule has 18 heavy (non-hydrogen) atoms. The fraction of sp³-hybridized carbons (Fsp3) is 0.250. The van der Waals surface area contributed by atoms with Gasteiger partial charge in [0, 0.05) is 21.9 Å². The third kappa shape index (κ3) is 1.49. The standard InChI is InChI=1S/C16H16O2/c1-9-3-5-11-13(7-9)15(17)12-6-4-10(2)8-14(12)16(11)18/h3-5,7,17-18H,6,8H2,1-2H3. The van der Waals surface area contributed by atoms with Gasteiger partial charge in [-0.25, -0.2) is 0 Å². The zero-order valence-corrected chi connectivity index (χ0v) is 10.6. The van der Waals surface area contributed by atoms with E-state index in [0.29, 0.717) is 17.9 Å². The van der Waals surface area contributed by atoms with Gasteiger partial charge in [-0.2, -0.15) is 0 Å². The highest BCUT2D eigenvalue weighted by molar-refractivity contribution is 5.96. The van der Waals surface area contributed by atoms with E-state index in [1.807, 2.05) is 25.1 Å². The fourth-order valence-corrected chi connectivity index (χ4v) is 2.71. The van der Waals surface area contributed by atoms with Gasteiger partial charge >= 0.3 is 0 Å². The minimum atomic E-state index is 0.324. The predicted molar refractivity (Wildman–Crippen MR) is 73.2 cm³/mol. The van der Waals surface area contributed by atoms with Crippen molar-refractivity contribution < 1.29 is 10.2 Å². The SMILES string of the molecule is CC1=CCc2c(c(O)c3ccc(C)cc3c2O)C1. The number of phenolic OH excluding ortho intramolecular Hbond substituents is 2. The smallest absolute Gasteiger partial charge is 0.127 e. The summed E-state index contributed by atoms with van der Waals surface area (Å²) in [4.78, 5) is 0. The van der Waals surface area contributed by atoms with Crippen LogP contribution in [0.4, 0.5) is 0 Å². The molecule has 1 aliphatic rings. The fourth-order valence-electron chi connectivity index (χ4n) is 2.71. The Labute approximate surface area is 106 Å². The van der Waals surface area contributed by atoms with Crippen molar-refractivity contribution in [2.75, 3.05) is 0 Å². The van der Waals surface area contributed by atoms with Gasteiger partial charge in [0.05, 0.1) is 0 Å². The van der Waals surface area contributed by atoms with Gasteiger partial charge in [0.1, 0.15) is 11.5 Å². The molecular weight excluding hydrogens is 224 g/mol. The Morgan fingerprint density at radius 1 is 0.944 bits per heavy atom. The van der Waals surface area contributed by atoms with Crippen molar-refractivity contribution in [3.63, 3.8) is 0 Å². The molecule has 0 heterocycles. The minimum Gasteiger partial charge on any atom is -0.507 e. The van der Waals surface area contributed by atoms with Gasteiger partial charge in [0.25, 0.3) is 0 Å². The maximum atomic E-state index is 10.4. The van der Waals surface area contributed by atoms with E-state index in [0.717, 1.165) is 33.9 Å². The van der Waals surface area contributed by atoms with E-state index >= 15 is 0 Å². The highest BCUT2D eigenvalue weighted by Crippen LogP contribution is 2.42. The first-order chi connectivity index (χ1) is 8.58. The van der Waals surface area contributed by atoms with Gasteiger partial charge in [0.15, 0.2) is 0 Å². The number of fused-ring (bicyclic) bond motifs is 2. The molecule has 0 fully saturated rings. The predicted octanol–water partition coefficient (Wildman–Crippen LogP) is 3.60. The molecule has 0 spiro atoms. The Bertz CT molecular complexity index is 681. The van der Waals surface area contributed by atoms with Gasteiger partial charge < -0.3 is 10.2 Å². The second kappa shape index (κ2) is 3.77. The number of aromatic hydroxyl groups is 2. The second-order valence-electron chi connectivity index (χ2n) is 5.13. The lowest BCUT2D eigenvalue weighted by Crippen LogP contribution is -2.03. The summed E-state index contributed by atoms with van der Waals surface area (Å²) < 4.78 is 0. The summed E-state index contributed by atoms with van der Waals surface area (Å²) in [5.74, 6) is 0.649. The molecule has 0 radical (unpaired) electrons. The third-order valence-corrected chi connectivity index (χ3v) is 3.73. The molecule has 0 atom stereocenters. The van der Waals surface area contributed by atoms with E-state index in [9.17, 15) is 10.2 Å². The highest BCUT2D eigenvalue weighted by atomic mass is 16.3. The monoisotopic (exact) mass is 240 g/mol. The molecular formula is C16H16O2. The molecule has 0 aliphatic heterocycles. The van der Waals surface area contributed by atoms with Crippen molar-refractivity contribution >= 4 is 10.8 Å². The van der Waals surface area contributed by atoms with Gasteiger partial charge in [-0.15, -0.1) is 0 Å². The van der Waals surface area contributed by atoms with Crippen molar-refractivity contribution in [3.05, 3.63) is 46.5 Å². The van der Waals surface area contributed by atoms with Crippen LogP contribution in [0, 0.1) is 6.92 Å². The molecule has 0 bridgehead atoms. The van der Waals surface area contributed by atoms with Crippen LogP contribution in [0.15, 0.2) is 29.8 Å². The summed E-state index contributed by atoms with van der Waals surface area (Å²) >= 11 is 0. The molecule has 2 aromatic rings. The molecule has 1 aliphatic carbocycles. The van der Waals surface area contributed by atoms with Crippen LogP contribution in [-0.4, -0.2) is 10.2 Å². The van der Waals surface area contributed by atoms with Crippen LogP contribution in [0.5, 0.6) is 11.5 Å². The first kappa shape index (κ1) is 11.1. The molecule has 2 aromatic carbocycles. The lowest BCUT2D eigenvalue weighted by molar-refractivity contribution is 0.458. The largest absolute Gasteiger partial charge is 0.507 e. The molecule has 3 rings (SSSR count). The number of benzene rings is 2. The topological polar surface area (TPSA) is 40.5 Å². The summed E-state index contributed by atoms with van der Waals surface area (Å²) in [6.45, 7) is 4.04. The average molecular weight is 240 g/mol. The highest BCUT2D eigenvalue weighted by Gasteiger charge is 2.20. The van der Waals surface area contributed by atoms with Gasteiger partial charge in [-0.3, -0.25) is 0 Å². The van der Waals surface area contributed by atoms with Gasteiger partial charge in [-0.1, -0.05) is 29.3 Å². The summed E-state index contributed by atoms with van der Waals surface area (Å²) in [7, 11) is 0. The van der Waals surface area contributed by atoms with Crippen LogP contribution >= 0.6 is 0 Å². The van der Waals surface area contributed by atoms with E-state index in [4.69, 9.17) is 0 Å². The Morgan fingerprint density at radius 3 is 2.44 bits per heavy atom. The minimum absolute atomic E-state index is 0.324. The maximum Gasteiger partial charge on any atom is 0.127 e. The molecule has 0 saturated carbocycles. The van der Waals surface area contributed by atoms with E-state index < -0.39 is 0 Å². The Balaban J connectivity index is 2.40. The number of hydrogen-bond donors (Lipinski definition) is 2. The number of hydrogen-bond acceptors (Lipinski definition) is 2. The van der Waals surface area contributed by atoms with Crippen molar-refractivity contribution in [3.8, 4) is 11.5 Å². The summed E-state index contributed by atoms with van der Waals surface area (Å²) in [5.41, 5.74) is 4.07. The molecule has 2 nitrogen and oxygen atoms in total. The zero-order chi connectivity index (χ0) is 12.9. The molecule has 0 aromatic heterocycles. The average Bonchev–Trinajstić information content (AvgIpc) is 2.36. The molecule has 2 heteroatoms. The Hall–Kier alpha value is -1.96. The van der Waals surface area contributed by atoms with Crippen molar-refractivity contribution in [2.24, 2.45) is 0 Å². The Kier molecular flexibility index (Phi) is 2.34. The second-order valence-corrected chi connectivity index (χ2v) is 5.13. The lowest BCUT2D eigenvalue weighted by atomic mass is 9.87. The zero-order valence-electron chi connectivity index (χ0n) is 10.6. The van der Waals surface area contributed by atoms with Crippen LogP contribution in [0.2, 0.25) is 0 Å². The van der Waals surface area contributed by atoms with Crippen LogP contribution < -0.4 is 0 Å².